The molecule has 0 spiro atoms. The van der Waals surface area contributed by atoms with E-state index in [1.54, 1.807) is 6.92 Å². The number of imide groups is 2. The van der Waals surface area contributed by atoms with Crippen LogP contribution in [-0.2, 0) is 9.59 Å². The quantitative estimate of drug-likeness (QED) is 0.457. The van der Waals surface area contributed by atoms with E-state index < -0.39 is 29.2 Å². The summed E-state index contributed by atoms with van der Waals surface area (Å²) in [5.41, 5.74) is -1.36. The largest absolute Gasteiger partial charge is 0.332 e. The van der Waals surface area contributed by atoms with Crippen LogP contribution in [0.3, 0.4) is 0 Å². The Balaban J connectivity index is 0.00000211. The van der Waals surface area contributed by atoms with E-state index in [9.17, 15) is 14.4 Å². The summed E-state index contributed by atoms with van der Waals surface area (Å²) in [6.07, 6.45) is 2.32. The van der Waals surface area contributed by atoms with E-state index >= 15 is 0 Å². The first kappa shape index (κ1) is 19.9. The predicted molar refractivity (Wildman–Crippen MR) is 86.8 cm³/mol. The fourth-order valence-corrected chi connectivity index (χ4v) is 2.42. The summed E-state index contributed by atoms with van der Waals surface area (Å²) in [6, 6.07) is -0.615. The smallest absolute Gasteiger partial charge is 0.273 e. The first-order valence-corrected chi connectivity index (χ1v) is 7.54. The van der Waals surface area contributed by atoms with E-state index in [0.29, 0.717) is 6.42 Å². The number of nitrogens with zero attached hydrogens (tertiary/aromatic N) is 2. The topological polar surface area (TPSA) is 57.7 Å². The van der Waals surface area contributed by atoms with E-state index in [0.717, 1.165) is 9.80 Å². The van der Waals surface area contributed by atoms with Crippen molar-refractivity contribution in [3.8, 4) is 11.8 Å². The number of carbonyl (C=O) groups is 3. The zero-order chi connectivity index (χ0) is 17.5. The monoisotopic (exact) mass is 306 g/mol. The maximum atomic E-state index is 12.6. The van der Waals surface area contributed by atoms with Crippen molar-refractivity contribution in [1.82, 2.24) is 9.80 Å². The lowest BCUT2D eigenvalue weighted by Crippen LogP contribution is -2.64. The number of rotatable bonds is 3. The van der Waals surface area contributed by atoms with Crippen molar-refractivity contribution in [3.63, 3.8) is 0 Å². The maximum absolute atomic E-state index is 12.6. The van der Waals surface area contributed by atoms with Gasteiger partial charge in [0.2, 0.25) is 11.8 Å². The third kappa shape index (κ3) is 3.22. The number of hydrogen-bond donors (Lipinski definition) is 0. The first-order chi connectivity index (χ1) is 10.3. The van der Waals surface area contributed by atoms with Gasteiger partial charge in [0.15, 0.2) is 0 Å². The summed E-state index contributed by atoms with van der Waals surface area (Å²) >= 11 is 0. The highest BCUT2D eigenvalue weighted by Gasteiger charge is 2.57. The fraction of sp³-hybridized carbons (Fsp3) is 0.588. The predicted octanol–water partition coefficient (Wildman–Crippen LogP) is 2.68. The molecule has 1 atom stereocenters. The summed E-state index contributed by atoms with van der Waals surface area (Å²) in [5, 5.41) is 0. The molecule has 1 fully saturated rings. The fourth-order valence-electron chi connectivity index (χ4n) is 2.42. The van der Waals surface area contributed by atoms with Crippen molar-refractivity contribution in [2.45, 2.75) is 40.5 Å². The molecule has 0 bridgehead atoms. The van der Waals surface area contributed by atoms with Crippen molar-refractivity contribution in [2.75, 3.05) is 14.1 Å². The molecule has 122 valence electrons. The number of amides is 4. The molecule has 1 aliphatic heterocycles. The Bertz CT molecular complexity index is 490. The van der Waals surface area contributed by atoms with Crippen LogP contribution in [0.5, 0.6) is 0 Å². The molecule has 1 unspecified atom stereocenters. The molecular weight excluding hydrogens is 280 g/mol. The number of hydrogen-bond acceptors (Lipinski definition) is 3. The third-order valence-corrected chi connectivity index (χ3v) is 3.65. The third-order valence-electron chi connectivity index (χ3n) is 3.65. The van der Waals surface area contributed by atoms with E-state index in [2.05, 4.69) is 18.4 Å². The average Bonchev–Trinajstić information content (AvgIpc) is 2.54. The lowest BCUT2D eigenvalue weighted by atomic mass is 9.70. The highest BCUT2D eigenvalue weighted by molar-refractivity contribution is 6.19. The van der Waals surface area contributed by atoms with E-state index in [4.69, 9.17) is 0 Å². The van der Waals surface area contributed by atoms with Gasteiger partial charge in [0, 0.05) is 26.4 Å². The summed E-state index contributed by atoms with van der Waals surface area (Å²) in [4.78, 5) is 38.9. The van der Waals surface area contributed by atoms with Gasteiger partial charge in [-0.15, -0.1) is 12.5 Å². The lowest BCUT2D eigenvalue weighted by Gasteiger charge is -2.43. The molecule has 5 heteroatoms. The van der Waals surface area contributed by atoms with Crippen LogP contribution < -0.4 is 0 Å². The summed E-state index contributed by atoms with van der Waals surface area (Å²) in [7, 11) is 2.76. The van der Waals surface area contributed by atoms with Crippen molar-refractivity contribution in [1.29, 1.82) is 0 Å². The van der Waals surface area contributed by atoms with Crippen LogP contribution in [0.1, 0.15) is 40.5 Å². The molecular formula is C17H26N2O3. The van der Waals surface area contributed by atoms with E-state index in [-0.39, 0.29) is 6.42 Å². The Morgan fingerprint density at radius 2 is 1.64 bits per heavy atom. The van der Waals surface area contributed by atoms with Gasteiger partial charge in [0.05, 0.1) is 0 Å². The highest BCUT2D eigenvalue weighted by Crippen LogP contribution is 2.39. The molecule has 0 aromatic heterocycles. The van der Waals surface area contributed by atoms with Gasteiger partial charge in [0.1, 0.15) is 5.41 Å². The number of carbonyl (C=O) groups excluding carboxylic acids is 3. The van der Waals surface area contributed by atoms with E-state index in [1.165, 1.54) is 20.2 Å². The molecule has 5 nitrogen and oxygen atoms in total. The van der Waals surface area contributed by atoms with Gasteiger partial charge < -0.3 is 0 Å². The molecule has 0 aromatic carbocycles. The van der Waals surface area contributed by atoms with Gasteiger partial charge in [-0.05, 0) is 13.3 Å². The molecule has 0 aliphatic carbocycles. The summed E-state index contributed by atoms with van der Waals surface area (Å²) < 4.78 is 0. The van der Waals surface area contributed by atoms with Gasteiger partial charge in [-0.2, -0.15) is 0 Å². The molecule has 0 radical (unpaired) electrons. The Kier molecular flexibility index (Phi) is 7.58. The highest BCUT2D eigenvalue weighted by atomic mass is 16.2. The lowest BCUT2D eigenvalue weighted by molar-refractivity contribution is -0.159. The summed E-state index contributed by atoms with van der Waals surface area (Å²) in [6.45, 7) is 11.3. The van der Waals surface area contributed by atoms with Gasteiger partial charge >= 0.3 is 6.03 Å². The maximum Gasteiger partial charge on any atom is 0.332 e. The summed E-state index contributed by atoms with van der Waals surface area (Å²) in [5.74, 6) is 4.33. The minimum atomic E-state index is -1.36. The van der Waals surface area contributed by atoms with Crippen LogP contribution >= 0.6 is 0 Å². The SMILES string of the molecule is C=CCC1(C(C)C#CCC)C(=O)N(C)C(=O)N(C)C1=O.CC. The molecule has 1 saturated heterocycles. The van der Waals surface area contributed by atoms with Crippen LogP contribution in [0.4, 0.5) is 4.79 Å². The first-order valence-electron chi connectivity index (χ1n) is 7.54. The van der Waals surface area contributed by atoms with Crippen molar-refractivity contribution in [2.24, 2.45) is 11.3 Å². The second kappa shape index (κ2) is 8.38. The minimum absolute atomic E-state index is 0.159. The van der Waals surface area contributed by atoms with Gasteiger partial charge in [-0.25, -0.2) is 4.79 Å². The van der Waals surface area contributed by atoms with Gasteiger partial charge in [-0.3, -0.25) is 19.4 Å². The van der Waals surface area contributed by atoms with Gasteiger partial charge in [0.25, 0.3) is 0 Å². The zero-order valence-corrected chi connectivity index (χ0v) is 14.4. The van der Waals surface area contributed by atoms with Crippen LogP contribution in [0.25, 0.3) is 0 Å². The molecule has 0 saturated carbocycles. The Hall–Kier alpha value is -2.09. The molecule has 0 N–H and O–H groups in total. The second-order valence-corrected chi connectivity index (χ2v) is 4.87. The van der Waals surface area contributed by atoms with E-state index in [1.807, 2.05) is 20.8 Å². The molecule has 22 heavy (non-hydrogen) atoms. The van der Waals surface area contributed by atoms with Crippen molar-refractivity contribution < 1.29 is 14.4 Å². The van der Waals surface area contributed by atoms with Crippen molar-refractivity contribution >= 4 is 17.8 Å². The second-order valence-electron chi connectivity index (χ2n) is 4.87. The van der Waals surface area contributed by atoms with Crippen molar-refractivity contribution in [3.05, 3.63) is 12.7 Å². The Labute approximate surface area is 133 Å². The molecule has 0 aromatic rings. The van der Waals surface area contributed by atoms with Crippen LogP contribution in [0.2, 0.25) is 0 Å². The van der Waals surface area contributed by atoms with Crippen LogP contribution in [0.15, 0.2) is 12.7 Å². The Morgan fingerprint density at radius 1 is 1.18 bits per heavy atom. The number of urea groups is 1. The molecule has 1 rings (SSSR count). The average molecular weight is 306 g/mol. The normalized spacial score (nSPS) is 18.0. The number of barbiturate groups is 1. The standard InChI is InChI=1S/C15H20N2O3.C2H6/c1-6-8-9-11(3)15(10-7-2)12(18)16(4)14(20)17(5)13(15)19;1-2/h7,11H,2,6,10H2,1,3-5H3;1-2H3. The number of allylic oxidation sites excluding steroid dienone is 1. The van der Waals surface area contributed by atoms with Crippen LogP contribution in [-0.4, -0.2) is 41.7 Å². The molecule has 4 amide bonds. The van der Waals surface area contributed by atoms with Crippen LogP contribution in [0, 0.1) is 23.2 Å². The molecule has 1 heterocycles. The molecule has 1 aliphatic rings. The minimum Gasteiger partial charge on any atom is -0.273 e. The zero-order valence-electron chi connectivity index (χ0n) is 14.4. The Morgan fingerprint density at radius 3 is 2.00 bits per heavy atom. The van der Waals surface area contributed by atoms with Gasteiger partial charge in [-0.1, -0.05) is 32.8 Å².